The van der Waals surface area contributed by atoms with Gasteiger partial charge in [-0.05, 0) is 61.1 Å². The van der Waals surface area contributed by atoms with Crippen LogP contribution in [0, 0.1) is 6.92 Å². The van der Waals surface area contributed by atoms with Crippen LogP contribution in [0.1, 0.15) is 5.56 Å². The quantitative estimate of drug-likeness (QED) is 0.584. The van der Waals surface area contributed by atoms with Gasteiger partial charge in [0, 0.05) is 5.69 Å². The first-order chi connectivity index (χ1) is 10.4. The van der Waals surface area contributed by atoms with Crippen LogP contribution in [0.5, 0.6) is 11.5 Å². The topological polar surface area (TPSA) is 53.5 Å². The molecule has 0 saturated carbocycles. The number of thiocarbonyl (C=S) groups is 1. The van der Waals surface area contributed by atoms with Crippen molar-refractivity contribution in [1.29, 1.82) is 0 Å². The maximum Gasteiger partial charge on any atom is 0.387 e. The molecular formula is C15H14F2N2O2S. The van der Waals surface area contributed by atoms with Gasteiger partial charge in [-0.15, -0.1) is 0 Å². The molecule has 0 heterocycles. The molecule has 2 aromatic carbocycles. The molecule has 7 heteroatoms. The number of phenolic OH excluding ortho intramolecular Hbond substituents is 1. The van der Waals surface area contributed by atoms with Crippen molar-refractivity contribution in [1.82, 2.24) is 0 Å². The zero-order chi connectivity index (χ0) is 16.1. The van der Waals surface area contributed by atoms with Crippen LogP contribution in [0.3, 0.4) is 0 Å². The molecule has 2 rings (SSSR count). The van der Waals surface area contributed by atoms with Crippen LogP contribution < -0.4 is 15.4 Å². The number of ether oxygens (including phenoxy) is 1. The summed E-state index contributed by atoms with van der Waals surface area (Å²) in [6, 6.07) is 11.1. The van der Waals surface area contributed by atoms with Crippen molar-refractivity contribution in [3.05, 3.63) is 48.0 Å². The van der Waals surface area contributed by atoms with Crippen molar-refractivity contribution in [2.24, 2.45) is 0 Å². The van der Waals surface area contributed by atoms with Gasteiger partial charge in [0.1, 0.15) is 11.5 Å². The molecule has 116 valence electrons. The van der Waals surface area contributed by atoms with Crippen LogP contribution >= 0.6 is 12.2 Å². The van der Waals surface area contributed by atoms with Crippen molar-refractivity contribution >= 4 is 28.7 Å². The van der Waals surface area contributed by atoms with Crippen molar-refractivity contribution in [2.75, 3.05) is 10.6 Å². The molecule has 0 aliphatic rings. The zero-order valence-corrected chi connectivity index (χ0v) is 12.5. The summed E-state index contributed by atoms with van der Waals surface area (Å²) in [5.41, 5.74) is 2.00. The Hall–Kier alpha value is -2.41. The first-order valence-electron chi connectivity index (χ1n) is 6.36. The minimum absolute atomic E-state index is 0.0654. The van der Waals surface area contributed by atoms with E-state index in [1.54, 1.807) is 24.3 Å². The van der Waals surface area contributed by atoms with Crippen LogP contribution in [0.15, 0.2) is 42.5 Å². The summed E-state index contributed by atoms with van der Waals surface area (Å²) in [5.74, 6) is 0.153. The maximum atomic E-state index is 12.0. The van der Waals surface area contributed by atoms with Gasteiger partial charge in [0.15, 0.2) is 5.11 Å². The second-order valence-corrected chi connectivity index (χ2v) is 4.91. The Labute approximate surface area is 131 Å². The molecule has 0 spiro atoms. The molecule has 0 amide bonds. The van der Waals surface area contributed by atoms with E-state index in [-0.39, 0.29) is 16.6 Å². The van der Waals surface area contributed by atoms with Crippen molar-refractivity contribution in [3.63, 3.8) is 0 Å². The second kappa shape index (κ2) is 7.04. The monoisotopic (exact) mass is 324 g/mol. The van der Waals surface area contributed by atoms with E-state index in [4.69, 9.17) is 12.2 Å². The zero-order valence-electron chi connectivity index (χ0n) is 11.6. The molecule has 0 atom stereocenters. The average Bonchev–Trinajstić information content (AvgIpc) is 2.43. The highest BCUT2D eigenvalue weighted by molar-refractivity contribution is 7.80. The number of hydrogen-bond acceptors (Lipinski definition) is 3. The number of halogens is 2. The summed E-state index contributed by atoms with van der Waals surface area (Å²) < 4.78 is 28.3. The largest absolute Gasteiger partial charge is 0.506 e. The lowest BCUT2D eigenvalue weighted by atomic mass is 10.2. The molecule has 0 aromatic heterocycles. The van der Waals surface area contributed by atoms with E-state index in [1.807, 2.05) is 13.0 Å². The van der Waals surface area contributed by atoms with Gasteiger partial charge < -0.3 is 20.5 Å². The van der Waals surface area contributed by atoms with Crippen LogP contribution in [-0.2, 0) is 0 Å². The number of nitrogens with one attached hydrogen (secondary N) is 2. The Morgan fingerprint density at radius 1 is 1.14 bits per heavy atom. The number of benzene rings is 2. The van der Waals surface area contributed by atoms with Gasteiger partial charge in [-0.3, -0.25) is 0 Å². The summed E-state index contributed by atoms with van der Waals surface area (Å²) in [4.78, 5) is 0. The van der Waals surface area contributed by atoms with Gasteiger partial charge in [-0.2, -0.15) is 8.78 Å². The Morgan fingerprint density at radius 3 is 2.41 bits per heavy atom. The highest BCUT2D eigenvalue weighted by atomic mass is 32.1. The molecule has 0 radical (unpaired) electrons. The molecule has 2 aromatic rings. The minimum atomic E-state index is -2.86. The SMILES string of the molecule is Cc1ccc(NC(=S)Nc2ccc(OC(F)F)cc2)c(O)c1. The summed E-state index contributed by atoms with van der Waals surface area (Å²) in [6.45, 7) is -0.991. The summed E-state index contributed by atoms with van der Waals surface area (Å²) in [5, 5.41) is 15.8. The Morgan fingerprint density at radius 2 is 1.82 bits per heavy atom. The van der Waals surface area contributed by atoms with E-state index in [2.05, 4.69) is 15.4 Å². The fourth-order valence-corrected chi connectivity index (χ4v) is 1.98. The van der Waals surface area contributed by atoms with Crippen LogP contribution in [0.4, 0.5) is 20.2 Å². The molecule has 0 bridgehead atoms. The number of phenols is 1. The molecule has 0 aliphatic carbocycles. The predicted octanol–water partition coefficient (Wildman–Crippen LogP) is 4.11. The van der Waals surface area contributed by atoms with Crippen molar-refractivity contribution in [2.45, 2.75) is 13.5 Å². The average molecular weight is 324 g/mol. The van der Waals surface area contributed by atoms with Gasteiger partial charge in [-0.25, -0.2) is 0 Å². The number of rotatable bonds is 4. The number of anilines is 2. The molecule has 0 fully saturated rings. The summed E-state index contributed by atoms with van der Waals surface area (Å²) in [7, 11) is 0. The Balaban J connectivity index is 1.97. The number of aromatic hydroxyl groups is 1. The molecule has 4 nitrogen and oxygen atoms in total. The van der Waals surface area contributed by atoms with Gasteiger partial charge in [0.25, 0.3) is 0 Å². The minimum Gasteiger partial charge on any atom is -0.506 e. The van der Waals surface area contributed by atoms with Crippen molar-refractivity contribution in [3.8, 4) is 11.5 Å². The van der Waals surface area contributed by atoms with Gasteiger partial charge in [0.2, 0.25) is 0 Å². The number of hydrogen-bond donors (Lipinski definition) is 3. The fourth-order valence-electron chi connectivity index (χ4n) is 1.75. The molecule has 0 aliphatic heterocycles. The van der Waals surface area contributed by atoms with Crippen molar-refractivity contribution < 1.29 is 18.6 Å². The van der Waals surface area contributed by atoms with Crippen LogP contribution in [0.2, 0.25) is 0 Å². The Kier molecular flexibility index (Phi) is 5.11. The number of alkyl halides is 2. The van der Waals surface area contributed by atoms with E-state index < -0.39 is 6.61 Å². The third-order valence-electron chi connectivity index (χ3n) is 2.74. The van der Waals surface area contributed by atoms with Gasteiger partial charge in [-0.1, -0.05) is 6.07 Å². The lowest BCUT2D eigenvalue weighted by Crippen LogP contribution is -2.19. The molecule has 0 saturated heterocycles. The predicted molar refractivity (Wildman–Crippen MR) is 85.8 cm³/mol. The third kappa shape index (κ3) is 4.56. The van der Waals surface area contributed by atoms with Crippen LogP contribution in [-0.4, -0.2) is 16.8 Å². The van der Waals surface area contributed by atoms with E-state index in [1.165, 1.54) is 12.1 Å². The normalized spacial score (nSPS) is 10.4. The lowest BCUT2D eigenvalue weighted by Gasteiger charge is -2.12. The van der Waals surface area contributed by atoms with E-state index in [0.717, 1.165) is 5.56 Å². The molecular weight excluding hydrogens is 310 g/mol. The van der Waals surface area contributed by atoms with Crippen LogP contribution in [0.25, 0.3) is 0 Å². The molecule has 0 unspecified atom stereocenters. The molecule has 22 heavy (non-hydrogen) atoms. The fraction of sp³-hybridized carbons (Fsp3) is 0.133. The second-order valence-electron chi connectivity index (χ2n) is 4.50. The van der Waals surface area contributed by atoms with Gasteiger partial charge >= 0.3 is 6.61 Å². The maximum absolute atomic E-state index is 12.0. The van der Waals surface area contributed by atoms with E-state index in [0.29, 0.717) is 11.4 Å². The van der Waals surface area contributed by atoms with Gasteiger partial charge in [0.05, 0.1) is 5.69 Å². The summed E-state index contributed by atoms with van der Waals surface area (Å²) in [6.07, 6.45) is 0. The third-order valence-corrected chi connectivity index (χ3v) is 2.94. The first kappa shape index (κ1) is 16.0. The lowest BCUT2D eigenvalue weighted by molar-refractivity contribution is -0.0498. The van der Waals surface area contributed by atoms with E-state index >= 15 is 0 Å². The Bertz CT molecular complexity index is 663. The number of aryl methyl sites for hydroxylation is 1. The highest BCUT2D eigenvalue weighted by Crippen LogP contribution is 2.24. The summed E-state index contributed by atoms with van der Waals surface area (Å²) >= 11 is 5.13. The molecule has 3 N–H and O–H groups in total. The standard InChI is InChI=1S/C15H14F2N2O2S/c1-9-2-7-12(13(20)8-9)19-15(22)18-10-3-5-11(6-4-10)21-14(16)17/h2-8,14,20H,1H3,(H2,18,19,22). The smallest absolute Gasteiger partial charge is 0.387 e. The first-order valence-corrected chi connectivity index (χ1v) is 6.77. The van der Waals surface area contributed by atoms with E-state index in [9.17, 15) is 13.9 Å². The highest BCUT2D eigenvalue weighted by Gasteiger charge is 2.06.